The zero-order chi connectivity index (χ0) is 13.3. The van der Waals surface area contributed by atoms with Gasteiger partial charge in [0.1, 0.15) is 5.75 Å². The number of aromatic hydroxyl groups is 1. The van der Waals surface area contributed by atoms with Crippen LogP contribution in [-0.4, -0.2) is 5.11 Å². The van der Waals surface area contributed by atoms with Gasteiger partial charge in [-0.2, -0.15) is 0 Å². The van der Waals surface area contributed by atoms with Crippen LogP contribution in [-0.2, 0) is 5.41 Å². The lowest BCUT2D eigenvalue weighted by Crippen LogP contribution is -2.20. The monoisotopic (exact) mass is 240 g/mol. The molecule has 1 heteroatoms. The highest BCUT2D eigenvalue weighted by molar-refractivity contribution is 5.49. The molecule has 94 valence electrons. The summed E-state index contributed by atoms with van der Waals surface area (Å²) in [6, 6.07) is 13.9. The molecule has 2 aromatic rings. The highest BCUT2D eigenvalue weighted by Gasteiger charge is 2.27. The molecule has 18 heavy (non-hydrogen) atoms. The normalized spacial score (nSPS) is 11.6. The van der Waals surface area contributed by atoms with Gasteiger partial charge >= 0.3 is 0 Å². The standard InChI is InChI=1S/C17H20O/c1-12-8-7-10-14(13(12)2)17(3,4)15-9-5-6-11-16(15)18/h5-11,18H,1-4H3. The van der Waals surface area contributed by atoms with Crippen molar-refractivity contribution in [1.82, 2.24) is 0 Å². The molecule has 0 aromatic heterocycles. The summed E-state index contributed by atoms with van der Waals surface area (Å²) in [7, 11) is 0. The lowest BCUT2D eigenvalue weighted by Gasteiger charge is -2.29. The zero-order valence-corrected chi connectivity index (χ0v) is 11.5. The Kier molecular flexibility index (Phi) is 3.16. The van der Waals surface area contributed by atoms with E-state index in [9.17, 15) is 5.11 Å². The van der Waals surface area contributed by atoms with Crippen LogP contribution in [0.25, 0.3) is 0 Å². The number of benzene rings is 2. The molecule has 0 spiro atoms. The number of para-hydroxylation sites is 1. The molecule has 0 amide bonds. The van der Waals surface area contributed by atoms with Gasteiger partial charge in [-0.15, -0.1) is 0 Å². The molecule has 0 saturated heterocycles. The van der Waals surface area contributed by atoms with Crippen molar-refractivity contribution in [2.75, 3.05) is 0 Å². The number of rotatable bonds is 2. The van der Waals surface area contributed by atoms with E-state index < -0.39 is 0 Å². The third kappa shape index (κ3) is 2.01. The Morgan fingerprint density at radius 1 is 0.833 bits per heavy atom. The molecule has 0 unspecified atom stereocenters. The minimum atomic E-state index is -0.193. The molecule has 0 radical (unpaired) electrons. The predicted molar refractivity (Wildman–Crippen MR) is 76.2 cm³/mol. The maximum atomic E-state index is 10.1. The fraction of sp³-hybridized carbons (Fsp3) is 0.294. The van der Waals surface area contributed by atoms with Gasteiger partial charge in [0.05, 0.1) is 0 Å². The van der Waals surface area contributed by atoms with Crippen LogP contribution < -0.4 is 0 Å². The van der Waals surface area contributed by atoms with E-state index in [4.69, 9.17) is 0 Å². The average Bonchev–Trinajstić information content (AvgIpc) is 2.32. The van der Waals surface area contributed by atoms with Gasteiger partial charge in [-0.05, 0) is 36.6 Å². The molecule has 0 bridgehead atoms. The SMILES string of the molecule is Cc1cccc(C(C)(C)c2ccccc2O)c1C. The minimum absolute atomic E-state index is 0.193. The summed E-state index contributed by atoms with van der Waals surface area (Å²) in [5.41, 5.74) is 4.63. The second-order valence-electron chi connectivity index (χ2n) is 5.39. The molecule has 1 N–H and O–H groups in total. The Labute approximate surface area is 109 Å². The fourth-order valence-corrected chi connectivity index (χ4v) is 2.58. The first-order valence-corrected chi connectivity index (χ1v) is 6.29. The Hall–Kier alpha value is -1.76. The lowest BCUT2D eigenvalue weighted by atomic mass is 9.75. The molecule has 1 nitrogen and oxygen atoms in total. The zero-order valence-electron chi connectivity index (χ0n) is 11.5. The van der Waals surface area contributed by atoms with E-state index in [1.54, 1.807) is 6.07 Å². The lowest BCUT2D eigenvalue weighted by molar-refractivity contribution is 0.453. The van der Waals surface area contributed by atoms with Crippen LogP contribution >= 0.6 is 0 Å². The quantitative estimate of drug-likeness (QED) is 0.828. The molecule has 0 aliphatic heterocycles. The van der Waals surface area contributed by atoms with E-state index in [2.05, 4.69) is 45.9 Å². The van der Waals surface area contributed by atoms with Crippen LogP contribution in [0.4, 0.5) is 0 Å². The van der Waals surface area contributed by atoms with Gasteiger partial charge in [0.2, 0.25) is 0 Å². The predicted octanol–water partition coefficient (Wildman–Crippen LogP) is 4.33. The van der Waals surface area contributed by atoms with E-state index in [-0.39, 0.29) is 5.41 Å². The van der Waals surface area contributed by atoms with Gasteiger partial charge in [0, 0.05) is 11.0 Å². The molecule has 0 saturated carbocycles. The van der Waals surface area contributed by atoms with Crippen molar-refractivity contribution >= 4 is 0 Å². The van der Waals surface area contributed by atoms with Crippen molar-refractivity contribution in [2.45, 2.75) is 33.1 Å². The molecule has 0 heterocycles. The van der Waals surface area contributed by atoms with E-state index in [0.29, 0.717) is 5.75 Å². The first-order chi connectivity index (χ1) is 8.44. The molecule has 0 aliphatic rings. The Balaban J connectivity index is 2.62. The van der Waals surface area contributed by atoms with Crippen molar-refractivity contribution in [1.29, 1.82) is 0 Å². The summed E-state index contributed by atoms with van der Waals surface area (Å²) in [6.07, 6.45) is 0. The summed E-state index contributed by atoms with van der Waals surface area (Å²) in [6.45, 7) is 8.58. The molecular formula is C17H20O. The Bertz CT molecular complexity index is 568. The number of hydrogen-bond donors (Lipinski definition) is 1. The van der Waals surface area contributed by atoms with E-state index in [0.717, 1.165) is 5.56 Å². The van der Waals surface area contributed by atoms with Gasteiger partial charge in [-0.3, -0.25) is 0 Å². The van der Waals surface area contributed by atoms with Crippen LogP contribution in [0, 0.1) is 13.8 Å². The van der Waals surface area contributed by atoms with Crippen molar-refractivity contribution in [2.24, 2.45) is 0 Å². The molecule has 0 aliphatic carbocycles. The van der Waals surface area contributed by atoms with E-state index in [1.165, 1.54) is 16.7 Å². The van der Waals surface area contributed by atoms with Crippen LogP contribution in [0.3, 0.4) is 0 Å². The highest BCUT2D eigenvalue weighted by Crippen LogP contribution is 2.38. The van der Waals surface area contributed by atoms with Gasteiger partial charge in [0.15, 0.2) is 0 Å². The van der Waals surface area contributed by atoms with Crippen molar-refractivity contribution in [3.63, 3.8) is 0 Å². The average molecular weight is 240 g/mol. The summed E-state index contributed by atoms with van der Waals surface area (Å²) >= 11 is 0. The third-order valence-corrected chi connectivity index (χ3v) is 3.86. The molecule has 2 aromatic carbocycles. The summed E-state index contributed by atoms with van der Waals surface area (Å²) in [5.74, 6) is 0.364. The van der Waals surface area contributed by atoms with Crippen molar-refractivity contribution in [3.8, 4) is 5.75 Å². The van der Waals surface area contributed by atoms with Gasteiger partial charge in [-0.25, -0.2) is 0 Å². The third-order valence-electron chi connectivity index (χ3n) is 3.86. The number of phenols is 1. The fourth-order valence-electron chi connectivity index (χ4n) is 2.58. The smallest absolute Gasteiger partial charge is 0.119 e. The Morgan fingerprint density at radius 2 is 1.44 bits per heavy atom. The maximum absolute atomic E-state index is 10.1. The van der Waals surface area contributed by atoms with E-state index in [1.807, 2.05) is 18.2 Å². The first-order valence-electron chi connectivity index (χ1n) is 6.29. The number of hydrogen-bond acceptors (Lipinski definition) is 1. The highest BCUT2D eigenvalue weighted by atomic mass is 16.3. The van der Waals surface area contributed by atoms with Gasteiger partial charge < -0.3 is 5.11 Å². The van der Waals surface area contributed by atoms with Crippen LogP contribution in [0.5, 0.6) is 5.75 Å². The number of aryl methyl sites for hydroxylation is 1. The Morgan fingerprint density at radius 3 is 2.11 bits per heavy atom. The van der Waals surface area contributed by atoms with E-state index >= 15 is 0 Å². The van der Waals surface area contributed by atoms with Gasteiger partial charge in [-0.1, -0.05) is 50.2 Å². The van der Waals surface area contributed by atoms with Crippen molar-refractivity contribution in [3.05, 3.63) is 64.7 Å². The molecule has 2 rings (SSSR count). The summed E-state index contributed by atoms with van der Waals surface area (Å²) in [4.78, 5) is 0. The molecule has 0 fully saturated rings. The second kappa shape index (κ2) is 4.49. The molecular weight excluding hydrogens is 220 g/mol. The van der Waals surface area contributed by atoms with Crippen LogP contribution in [0.2, 0.25) is 0 Å². The topological polar surface area (TPSA) is 20.2 Å². The first kappa shape index (κ1) is 12.7. The minimum Gasteiger partial charge on any atom is -0.508 e. The number of phenolic OH excluding ortho intramolecular Hbond substituents is 1. The van der Waals surface area contributed by atoms with Gasteiger partial charge in [0.25, 0.3) is 0 Å². The maximum Gasteiger partial charge on any atom is 0.119 e. The molecule has 0 atom stereocenters. The summed E-state index contributed by atoms with van der Waals surface area (Å²) in [5, 5.41) is 10.1. The second-order valence-corrected chi connectivity index (χ2v) is 5.39. The van der Waals surface area contributed by atoms with Crippen molar-refractivity contribution < 1.29 is 5.11 Å². The largest absolute Gasteiger partial charge is 0.508 e. The van der Waals surface area contributed by atoms with Crippen LogP contribution in [0.1, 0.15) is 36.1 Å². The summed E-state index contributed by atoms with van der Waals surface area (Å²) < 4.78 is 0. The van der Waals surface area contributed by atoms with Crippen LogP contribution in [0.15, 0.2) is 42.5 Å².